The maximum atomic E-state index is 10.9. The molecule has 0 radical (unpaired) electrons. The van der Waals surface area contributed by atoms with Crippen LogP contribution in [0, 0.1) is 0 Å². The van der Waals surface area contributed by atoms with Crippen LogP contribution < -0.4 is 5.32 Å². The van der Waals surface area contributed by atoms with E-state index in [9.17, 15) is 4.79 Å². The first-order chi connectivity index (χ1) is 6.63. The number of rotatable bonds is 4. The maximum absolute atomic E-state index is 10.9. The second kappa shape index (κ2) is 4.85. The van der Waals surface area contributed by atoms with Crippen molar-refractivity contribution < 1.29 is 4.79 Å². The Labute approximate surface area is 87.1 Å². The quantitative estimate of drug-likeness (QED) is 0.767. The van der Waals surface area contributed by atoms with Gasteiger partial charge in [-0.1, -0.05) is 31.8 Å². The lowest BCUT2D eigenvalue weighted by Crippen LogP contribution is -2.19. The van der Waals surface area contributed by atoms with Crippen molar-refractivity contribution in [3.63, 3.8) is 0 Å². The number of carbonyl (C=O) groups excluding carboxylic acids is 1. The molecule has 1 heterocycles. The van der Waals surface area contributed by atoms with Gasteiger partial charge in [0.15, 0.2) is 0 Å². The average molecular weight is 211 g/mol. The molecular formula is C9H13N3OS. The van der Waals surface area contributed by atoms with Gasteiger partial charge in [0.05, 0.1) is 6.54 Å². The molecule has 0 aromatic carbocycles. The van der Waals surface area contributed by atoms with Crippen molar-refractivity contribution in [2.45, 2.75) is 26.3 Å². The first-order valence-corrected chi connectivity index (χ1v) is 5.17. The highest BCUT2D eigenvalue weighted by molar-refractivity contribution is 7.11. The molecule has 4 nitrogen and oxygen atoms in total. The van der Waals surface area contributed by atoms with Crippen LogP contribution in [-0.2, 0) is 11.3 Å². The Bertz CT molecular complexity index is 333. The standard InChI is InChI=1S/C9H13N3OS/c1-4-7(13)10-5-8-11-12-9(14-8)6(2)3/h4,6H,1,5H2,2-3H3,(H,10,13). The molecule has 1 aromatic heterocycles. The largest absolute Gasteiger partial charge is 0.346 e. The molecule has 0 bridgehead atoms. The Morgan fingerprint density at radius 3 is 2.86 bits per heavy atom. The van der Waals surface area contributed by atoms with E-state index in [1.165, 1.54) is 17.4 Å². The number of carbonyl (C=O) groups is 1. The van der Waals surface area contributed by atoms with Gasteiger partial charge < -0.3 is 5.32 Å². The van der Waals surface area contributed by atoms with Gasteiger partial charge in [-0.2, -0.15) is 0 Å². The number of aromatic nitrogens is 2. The SMILES string of the molecule is C=CC(=O)NCc1nnc(C(C)C)s1. The Balaban J connectivity index is 2.51. The highest BCUT2D eigenvalue weighted by Gasteiger charge is 2.07. The average Bonchev–Trinajstić information content (AvgIpc) is 2.62. The van der Waals surface area contributed by atoms with Crippen LogP contribution in [0.1, 0.15) is 29.8 Å². The van der Waals surface area contributed by atoms with Gasteiger partial charge in [-0.15, -0.1) is 10.2 Å². The zero-order chi connectivity index (χ0) is 10.6. The van der Waals surface area contributed by atoms with Crippen molar-refractivity contribution in [1.82, 2.24) is 15.5 Å². The molecule has 1 rings (SSSR count). The third-order valence-corrected chi connectivity index (χ3v) is 2.80. The van der Waals surface area contributed by atoms with Gasteiger partial charge in [-0.25, -0.2) is 0 Å². The molecule has 1 aromatic rings. The van der Waals surface area contributed by atoms with Crippen LogP contribution in [0.3, 0.4) is 0 Å². The molecule has 0 atom stereocenters. The van der Waals surface area contributed by atoms with Gasteiger partial charge in [-0.3, -0.25) is 4.79 Å². The summed E-state index contributed by atoms with van der Waals surface area (Å²) in [5.41, 5.74) is 0. The lowest BCUT2D eigenvalue weighted by atomic mass is 10.2. The van der Waals surface area contributed by atoms with E-state index >= 15 is 0 Å². The van der Waals surface area contributed by atoms with E-state index in [4.69, 9.17) is 0 Å². The summed E-state index contributed by atoms with van der Waals surface area (Å²) in [7, 11) is 0. The third kappa shape index (κ3) is 2.92. The normalized spacial score (nSPS) is 10.2. The number of nitrogens with zero attached hydrogens (tertiary/aromatic N) is 2. The van der Waals surface area contributed by atoms with Crippen LogP contribution in [0.5, 0.6) is 0 Å². The second-order valence-corrected chi connectivity index (χ2v) is 4.20. The Morgan fingerprint density at radius 2 is 2.36 bits per heavy atom. The molecule has 0 spiro atoms. The van der Waals surface area contributed by atoms with E-state index in [2.05, 4.69) is 35.9 Å². The summed E-state index contributed by atoms with van der Waals surface area (Å²) in [5, 5.41) is 12.4. The molecule has 14 heavy (non-hydrogen) atoms. The highest BCUT2D eigenvalue weighted by Crippen LogP contribution is 2.18. The summed E-state index contributed by atoms with van der Waals surface area (Å²) in [6.45, 7) is 7.91. The summed E-state index contributed by atoms with van der Waals surface area (Å²) in [5.74, 6) is 0.197. The van der Waals surface area contributed by atoms with Crippen molar-refractivity contribution in [1.29, 1.82) is 0 Å². The van der Waals surface area contributed by atoms with E-state index in [0.29, 0.717) is 12.5 Å². The summed E-state index contributed by atoms with van der Waals surface area (Å²) >= 11 is 1.52. The number of nitrogens with one attached hydrogen (secondary N) is 1. The lowest BCUT2D eigenvalue weighted by Gasteiger charge is -1.96. The van der Waals surface area contributed by atoms with Gasteiger partial charge in [0, 0.05) is 5.92 Å². The second-order valence-electron chi connectivity index (χ2n) is 3.11. The van der Waals surface area contributed by atoms with Gasteiger partial charge in [0.1, 0.15) is 10.0 Å². The zero-order valence-corrected chi connectivity index (χ0v) is 9.10. The Hall–Kier alpha value is -1.23. The number of amides is 1. The Morgan fingerprint density at radius 1 is 1.64 bits per heavy atom. The minimum absolute atomic E-state index is 0.189. The van der Waals surface area contributed by atoms with Gasteiger partial charge in [0.25, 0.3) is 0 Å². The molecule has 0 aliphatic rings. The molecule has 0 aliphatic heterocycles. The van der Waals surface area contributed by atoms with E-state index in [-0.39, 0.29) is 5.91 Å². The predicted molar refractivity (Wildman–Crippen MR) is 56.0 cm³/mol. The summed E-state index contributed by atoms with van der Waals surface area (Å²) < 4.78 is 0. The van der Waals surface area contributed by atoms with Gasteiger partial charge >= 0.3 is 0 Å². The summed E-state index contributed by atoms with van der Waals surface area (Å²) in [6, 6.07) is 0. The fraction of sp³-hybridized carbons (Fsp3) is 0.444. The smallest absolute Gasteiger partial charge is 0.243 e. The van der Waals surface area contributed by atoms with E-state index in [1.54, 1.807) is 0 Å². The van der Waals surface area contributed by atoms with Crippen LogP contribution in [0.15, 0.2) is 12.7 Å². The van der Waals surface area contributed by atoms with Crippen LogP contribution in [0.25, 0.3) is 0 Å². The van der Waals surface area contributed by atoms with Gasteiger partial charge in [0.2, 0.25) is 5.91 Å². The highest BCUT2D eigenvalue weighted by atomic mass is 32.1. The van der Waals surface area contributed by atoms with Crippen LogP contribution in [0.2, 0.25) is 0 Å². The van der Waals surface area contributed by atoms with Crippen molar-refractivity contribution in [2.24, 2.45) is 0 Å². The maximum Gasteiger partial charge on any atom is 0.243 e. The first-order valence-electron chi connectivity index (χ1n) is 4.36. The number of hydrogen-bond donors (Lipinski definition) is 1. The van der Waals surface area contributed by atoms with E-state index in [0.717, 1.165) is 10.0 Å². The van der Waals surface area contributed by atoms with E-state index in [1.807, 2.05) is 0 Å². The molecule has 0 saturated heterocycles. The topological polar surface area (TPSA) is 54.9 Å². The molecule has 1 N–H and O–H groups in total. The summed E-state index contributed by atoms with van der Waals surface area (Å²) in [6.07, 6.45) is 1.24. The first kappa shape index (κ1) is 10.8. The minimum Gasteiger partial charge on any atom is -0.346 e. The summed E-state index contributed by atoms with van der Waals surface area (Å²) in [4.78, 5) is 10.9. The van der Waals surface area contributed by atoms with Gasteiger partial charge in [-0.05, 0) is 6.08 Å². The van der Waals surface area contributed by atoms with Crippen LogP contribution in [-0.4, -0.2) is 16.1 Å². The zero-order valence-electron chi connectivity index (χ0n) is 8.28. The fourth-order valence-electron chi connectivity index (χ4n) is 0.806. The molecule has 0 fully saturated rings. The molecular weight excluding hydrogens is 198 g/mol. The van der Waals surface area contributed by atoms with E-state index < -0.39 is 0 Å². The molecule has 0 saturated carbocycles. The lowest BCUT2D eigenvalue weighted by molar-refractivity contribution is -0.116. The van der Waals surface area contributed by atoms with Crippen LogP contribution >= 0.6 is 11.3 Å². The third-order valence-electron chi connectivity index (χ3n) is 1.58. The van der Waals surface area contributed by atoms with Crippen LogP contribution in [0.4, 0.5) is 0 Å². The molecule has 0 aliphatic carbocycles. The van der Waals surface area contributed by atoms with Crippen molar-refractivity contribution in [3.8, 4) is 0 Å². The van der Waals surface area contributed by atoms with Crippen molar-refractivity contribution in [2.75, 3.05) is 0 Å². The monoisotopic (exact) mass is 211 g/mol. The Kier molecular flexibility index (Phi) is 3.76. The minimum atomic E-state index is -0.189. The molecule has 1 amide bonds. The fourth-order valence-corrected chi connectivity index (χ4v) is 1.59. The predicted octanol–water partition coefficient (Wildman–Crippen LogP) is 1.46. The van der Waals surface area contributed by atoms with Crippen molar-refractivity contribution >= 4 is 17.2 Å². The molecule has 76 valence electrons. The molecule has 0 unspecified atom stereocenters. The number of hydrogen-bond acceptors (Lipinski definition) is 4. The van der Waals surface area contributed by atoms with Crippen molar-refractivity contribution in [3.05, 3.63) is 22.7 Å². The molecule has 5 heteroatoms.